The molecule has 0 unspecified atom stereocenters. The Morgan fingerprint density at radius 3 is 2.92 bits per heavy atom. The van der Waals surface area contributed by atoms with Crippen molar-refractivity contribution in [2.75, 3.05) is 39.9 Å². The van der Waals surface area contributed by atoms with E-state index in [1.165, 1.54) is 0 Å². The average Bonchev–Trinajstić information content (AvgIpc) is 2.62. The van der Waals surface area contributed by atoms with E-state index in [0.717, 1.165) is 44.5 Å². The molecule has 0 aromatic heterocycles. The minimum absolute atomic E-state index is 0.000467. The van der Waals surface area contributed by atoms with Crippen molar-refractivity contribution >= 4 is 17.6 Å². The molecule has 0 amide bonds. The predicted octanol–water partition coefficient (Wildman–Crippen LogP) is 2.08. The summed E-state index contributed by atoms with van der Waals surface area (Å²) in [4.78, 5) is 15.5. The van der Waals surface area contributed by atoms with Crippen molar-refractivity contribution in [2.24, 2.45) is 5.41 Å². The Kier molecular flexibility index (Phi) is 6.07. The molecule has 1 aromatic rings. The van der Waals surface area contributed by atoms with Crippen LogP contribution in [0.25, 0.3) is 0 Å². The molecule has 2 fully saturated rings. The van der Waals surface area contributed by atoms with Gasteiger partial charge in [-0.3, -0.25) is 4.90 Å². The number of benzene rings is 1. The molecular formula is C19H27ClN2O4. The van der Waals surface area contributed by atoms with Gasteiger partial charge in [-0.05, 0) is 57.6 Å². The van der Waals surface area contributed by atoms with E-state index >= 15 is 0 Å². The Bertz CT molecular complexity index is 656. The topological polar surface area (TPSA) is 73.2 Å². The number of aliphatic hydroxyl groups excluding tert-OH is 1. The zero-order chi connectivity index (χ0) is 18.7. The summed E-state index contributed by atoms with van der Waals surface area (Å²) in [6.45, 7) is 3.36. The maximum Gasteiger partial charge on any atom is 0.341 e. The summed E-state index contributed by atoms with van der Waals surface area (Å²) in [5, 5.41) is 19.5. The minimum atomic E-state index is -1.000. The summed E-state index contributed by atoms with van der Waals surface area (Å²) in [5.41, 5.74) is 0.897. The van der Waals surface area contributed by atoms with Gasteiger partial charge < -0.3 is 19.8 Å². The summed E-state index contributed by atoms with van der Waals surface area (Å²) < 4.78 is 5.43. The fourth-order valence-electron chi connectivity index (χ4n) is 4.41. The Hall–Kier alpha value is -1.34. The highest BCUT2D eigenvalue weighted by molar-refractivity contribution is 6.30. The second-order valence-electron chi connectivity index (χ2n) is 7.54. The summed E-state index contributed by atoms with van der Waals surface area (Å²) in [6, 6.07) is 5.62. The van der Waals surface area contributed by atoms with Crippen molar-refractivity contribution in [1.82, 2.24) is 9.80 Å². The van der Waals surface area contributed by atoms with Gasteiger partial charge in [-0.15, -0.1) is 0 Å². The largest absolute Gasteiger partial charge is 0.482 e. The molecule has 0 spiro atoms. The van der Waals surface area contributed by atoms with Gasteiger partial charge >= 0.3 is 5.97 Å². The number of rotatable bonds is 6. The monoisotopic (exact) mass is 382 g/mol. The first-order chi connectivity index (χ1) is 12.4. The van der Waals surface area contributed by atoms with Gasteiger partial charge in [0.1, 0.15) is 5.75 Å². The highest BCUT2D eigenvalue weighted by Crippen LogP contribution is 2.42. The number of aliphatic carboxylic acids is 1. The number of fused-ring (bicyclic) bond motifs is 1. The number of carboxylic acids is 1. The van der Waals surface area contributed by atoms with E-state index in [1.54, 1.807) is 12.1 Å². The summed E-state index contributed by atoms with van der Waals surface area (Å²) in [5.74, 6) is -0.437. The molecule has 3 rings (SSSR count). The van der Waals surface area contributed by atoms with Gasteiger partial charge in [0.05, 0.1) is 6.61 Å². The Labute approximate surface area is 159 Å². The first kappa shape index (κ1) is 19.4. The standard InChI is InChI=1S/C19H27ClN2O4/c1-21-7-2-5-19(13-23)6-8-22(11-17(19)21)10-14-9-15(20)3-4-16(14)26-12-18(24)25/h3-4,9,17,23H,2,5-8,10-13H2,1H3,(H,24,25)/t17-,19-/m1/s1. The number of carbonyl (C=O) groups is 1. The van der Waals surface area contributed by atoms with Crippen LogP contribution in [-0.4, -0.2) is 71.9 Å². The molecule has 0 saturated carbocycles. The lowest BCUT2D eigenvalue weighted by molar-refractivity contribution is -0.139. The highest BCUT2D eigenvalue weighted by atomic mass is 35.5. The molecule has 0 radical (unpaired) electrons. The van der Waals surface area contributed by atoms with Crippen molar-refractivity contribution in [1.29, 1.82) is 0 Å². The molecule has 2 aliphatic heterocycles. The van der Waals surface area contributed by atoms with Gasteiger partial charge in [0.2, 0.25) is 0 Å². The molecular weight excluding hydrogens is 356 g/mol. The maximum atomic E-state index is 10.8. The van der Waals surface area contributed by atoms with Gasteiger partial charge in [-0.2, -0.15) is 0 Å². The van der Waals surface area contributed by atoms with Crippen LogP contribution in [-0.2, 0) is 11.3 Å². The molecule has 2 atom stereocenters. The molecule has 26 heavy (non-hydrogen) atoms. The molecule has 2 heterocycles. The number of aliphatic hydroxyl groups is 1. The summed E-state index contributed by atoms with van der Waals surface area (Å²) >= 11 is 6.14. The number of ether oxygens (including phenoxy) is 1. The highest BCUT2D eigenvalue weighted by Gasteiger charge is 2.46. The van der Waals surface area contributed by atoms with Gasteiger partial charge in [-0.1, -0.05) is 11.6 Å². The third kappa shape index (κ3) is 4.14. The van der Waals surface area contributed by atoms with E-state index < -0.39 is 5.97 Å². The van der Waals surface area contributed by atoms with E-state index in [2.05, 4.69) is 16.8 Å². The van der Waals surface area contributed by atoms with Crippen LogP contribution in [0.5, 0.6) is 5.75 Å². The SMILES string of the molecule is CN1CCC[C@]2(CO)CCN(Cc3cc(Cl)ccc3OCC(=O)O)C[C@@H]12. The number of carboxylic acid groups (broad SMARTS) is 1. The van der Waals surface area contributed by atoms with Crippen LogP contribution in [0.3, 0.4) is 0 Å². The molecule has 7 heteroatoms. The summed E-state index contributed by atoms with van der Waals surface area (Å²) in [7, 11) is 2.14. The fourth-order valence-corrected chi connectivity index (χ4v) is 4.61. The number of likely N-dealkylation sites (tertiary alicyclic amines) is 2. The van der Waals surface area contributed by atoms with Crippen LogP contribution in [0, 0.1) is 5.41 Å². The lowest BCUT2D eigenvalue weighted by Gasteiger charge is -2.53. The first-order valence-electron chi connectivity index (χ1n) is 9.10. The molecule has 2 N–H and O–H groups in total. The lowest BCUT2D eigenvalue weighted by atomic mass is 9.69. The van der Waals surface area contributed by atoms with E-state index in [-0.39, 0.29) is 18.6 Å². The second-order valence-corrected chi connectivity index (χ2v) is 7.98. The first-order valence-corrected chi connectivity index (χ1v) is 9.48. The number of piperidine rings is 2. The van der Waals surface area contributed by atoms with Crippen molar-refractivity contribution in [2.45, 2.75) is 31.8 Å². The lowest BCUT2D eigenvalue weighted by Crippen LogP contribution is -2.61. The molecule has 0 aliphatic carbocycles. The zero-order valence-corrected chi connectivity index (χ0v) is 15.9. The number of halogens is 1. The molecule has 2 saturated heterocycles. The fraction of sp³-hybridized carbons (Fsp3) is 0.632. The third-order valence-corrected chi connectivity index (χ3v) is 6.10. The van der Waals surface area contributed by atoms with Gasteiger partial charge in [0, 0.05) is 35.1 Å². The molecule has 2 aliphatic rings. The number of likely N-dealkylation sites (N-methyl/N-ethyl adjacent to an activating group) is 1. The van der Waals surface area contributed by atoms with Crippen LogP contribution < -0.4 is 4.74 Å². The Balaban J connectivity index is 1.73. The predicted molar refractivity (Wildman–Crippen MR) is 99.6 cm³/mol. The van der Waals surface area contributed by atoms with Crippen molar-refractivity contribution in [3.05, 3.63) is 28.8 Å². The molecule has 6 nitrogen and oxygen atoms in total. The average molecular weight is 383 g/mol. The molecule has 0 bridgehead atoms. The van der Waals surface area contributed by atoms with E-state index in [1.807, 2.05) is 6.07 Å². The molecule has 144 valence electrons. The van der Waals surface area contributed by atoms with Gasteiger partial charge in [-0.25, -0.2) is 4.79 Å². The Morgan fingerprint density at radius 1 is 1.38 bits per heavy atom. The maximum absolute atomic E-state index is 10.8. The second kappa shape index (κ2) is 8.13. The minimum Gasteiger partial charge on any atom is -0.482 e. The van der Waals surface area contributed by atoms with Crippen molar-refractivity contribution in [3.63, 3.8) is 0 Å². The normalized spacial score (nSPS) is 27.1. The van der Waals surface area contributed by atoms with E-state index in [0.29, 0.717) is 23.4 Å². The van der Waals surface area contributed by atoms with E-state index in [4.69, 9.17) is 21.4 Å². The molecule has 1 aromatic carbocycles. The van der Waals surface area contributed by atoms with Gasteiger partial charge in [0.15, 0.2) is 6.61 Å². The number of hydrogen-bond donors (Lipinski definition) is 2. The third-order valence-electron chi connectivity index (χ3n) is 5.86. The quantitative estimate of drug-likeness (QED) is 0.784. The van der Waals surface area contributed by atoms with E-state index in [9.17, 15) is 9.90 Å². The van der Waals surface area contributed by atoms with Crippen molar-refractivity contribution in [3.8, 4) is 5.75 Å². The zero-order valence-electron chi connectivity index (χ0n) is 15.2. The number of nitrogens with zero attached hydrogens (tertiary/aromatic N) is 2. The smallest absolute Gasteiger partial charge is 0.341 e. The Morgan fingerprint density at radius 2 is 2.19 bits per heavy atom. The van der Waals surface area contributed by atoms with Crippen LogP contribution in [0.1, 0.15) is 24.8 Å². The summed E-state index contributed by atoms with van der Waals surface area (Å²) in [6.07, 6.45) is 3.18. The van der Waals surface area contributed by atoms with Crippen LogP contribution in [0.4, 0.5) is 0 Å². The van der Waals surface area contributed by atoms with Crippen LogP contribution in [0.2, 0.25) is 5.02 Å². The van der Waals surface area contributed by atoms with Crippen LogP contribution in [0.15, 0.2) is 18.2 Å². The van der Waals surface area contributed by atoms with Gasteiger partial charge in [0.25, 0.3) is 0 Å². The van der Waals surface area contributed by atoms with Crippen molar-refractivity contribution < 1.29 is 19.7 Å². The number of hydrogen-bond acceptors (Lipinski definition) is 5. The van der Waals surface area contributed by atoms with Crippen LogP contribution >= 0.6 is 11.6 Å².